The third-order valence-corrected chi connectivity index (χ3v) is 5.50. The maximum atomic E-state index is 14.3. The summed E-state index contributed by atoms with van der Waals surface area (Å²) in [6.07, 6.45) is 0. The molecule has 1 aromatic carbocycles. The first-order valence-electron chi connectivity index (χ1n) is 9.19. The van der Waals surface area contributed by atoms with Crippen LogP contribution in [0.3, 0.4) is 0 Å². The Hall–Kier alpha value is -3.25. The highest BCUT2D eigenvalue weighted by Crippen LogP contribution is 2.22. The van der Waals surface area contributed by atoms with Gasteiger partial charge in [-0.3, -0.25) is 9.59 Å². The number of amides is 1. The predicted molar refractivity (Wildman–Crippen MR) is 106 cm³/mol. The third-order valence-electron chi connectivity index (χ3n) is 4.72. The van der Waals surface area contributed by atoms with Gasteiger partial charge in [-0.1, -0.05) is 0 Å². The lowest BCUT2D eigenvalue weighted by Crippen LogP contribution is -2.50. The number of esters is 1. The number of Topliss-reactive ketones (excluding diaryl/α,β-unsaturated/α-hetero) is 1. The minimum absolute atomic E-state index is 0.231. The van der Waals surface area contributed by atoms with Gasteiger partial charge in [0.25, 0.3) is 15.9 Å². The standard InChI is InChI=1S/C19H20FN3O7S/c1-12(24)13-2-3-15(14(20)10-13)22-6-8-23(9-7-22)17(25)11-29-19(26)16-4-5-18(30-16)31(21,27)28/h2-5,10H,6-9,11H2,1H3,(H2,21,27,28). The molecule has 1 saturated heterocycles. The molecule has 1 fully saturated rings. The smallest absolute Gasteiger partial charge is 0.374 e. The highest BCUT2D eigenvalue weighted by atomic mass is 32.2. The molecule has 10 nitrogen and oxygen atoms in total. The molecule has 0 radical (unpaired) electrons. The Bertz CT molecular complexity index is 1120. The van der Waals surface area contributed by atoms with Crippen molar-refractivity contribution < 1.29 is 36.3 Å². The van der Waals surface area contributed by atoms with Crippen LogP contribution >= 0.6 is 0 Å². The van der Waals surface area contributed by atoms with E-state index >= 15 is 0 Å². The van der Waals surface area contributed by atoms with E-state index in [1.807, 2.05) is 0 Å². The molecule has 0 spiro atoms. The molecule has 2 aromatic rings. The van der Waals surface area contributed by atoms with Gasteiger partial charge in [0.2, 0.25) is 10.9 Å². The van der Waals surface area contributed by atoms with Crippen molar-refractivity contribution in [1.82, 2.24) is 4.90 Å². The number of nitrogens with zero attached hydrogens (tertiary/aromatic N) is 2. The Kier molecular flexibility index (Phi) is 6.41. The van der Waals surface area contributed by atoms with Crippen LogP contribution in [0.2, 0.25) is 0 Å². The fraction of sp³-hybridized carbons (Fsp3) is 0.316. The molecule has 31 heavy (non-hydrogen) atoms. The number of hydrogen-bond donors (Lipinski definition) is 1. The minimum atomic E-state index is -4.10. The van der Waals surface area contributed by atoms with Crippen molar-refractivity contribution in [2.45, 2.75) is 12.0 Å². The van der Waals surface area contributed by atoms with Gasteiger partial charge in [0.1, 0.15) is 5.82 Å². The van der Waals surface area contributed by atoms with Gasteiger partial charge in [-0.05, 0) is 37.3 Å². The number of ketones is 1. The van der Waals surface area contributed by atoms with Gasteiger partial charge in [-0.25, -0.2) is 22.7 Å². The van der Waals surface area contributed by atoms with Crippen LogP contribution < -0.4 is 10.0 Å². The number of anilines is 1. The number of furan rings is 1. The summed E-state index contributed by atoms with van der Waals surface area (Å²) in [6.45, 7) is 2.06. The van der Waals surface area contributed by atoms with Gasteiger partial charge >= 0.3 is 5.97 Å². The first-order chi connectivity index (χ1) is 14.6. The second-order valence-corrected chi connectivity index (χ2v) is 8.32. The quantitative estimate of drug-likeness (QED) is 0.500. The molecule has 3 rings (SSSR count). The summed E-state index contributed by atoms with van der Waals surface area (Å²) < 4.78 is 46.3. The molecule has 2 heterocycles. The molecule has 0 aliphatic carbocycles. The number of sulfonamides is 1. The number of primary sulfonamides is 1. The number of carbonyl (C=O) groups excluding carboxylic acids is 3. The van der Waals surface area contributed by atoms with Crippen LogP contribution in [0, 0.1) is 5.82 Å². The second kappa shape index (κ2) is 8.86. The van der Waals surface area contributed by atoms with Crippen molar-refractivity contribution in [1.29, 1.82) is 0 Å². The van der Waals surface area contributed by atoms with Gasteiger partial charge < -0.3 is 19.0 Å². The zero-order valence-electron chi connectivity index (χ0n) is 16.5. The number of rotatable bonds is 6. The van der Waals surface area contributed by atoms with Gasteiger partial charge in [-0.15, -0.1) is 0 Å². The van der Waals surface area contributed by atoms with E-state index < -0.39 is 45.2 Å². The molecule has 1 aliphatic rings. The first kappa shape index (κ1) is 22.4. The van der Waals surface area contributed by atoms with Gasteiger partial charge in [0.05, 0.1) is 5.69 Å². The van der Waals surface area contributed by atoms with Crippen LogP contribution in [0.4, 0.5) is 10.1 Å². The summed E-state index contributed by atoms with van der Waals surface area (Å²) in [5.74, 6) is -2.61. The normalized spacial score (nSPS) is 14.4. The molecule has 0 atom stereocenters. The molecule has 0 bridgehead atoms. The lowest BCUT2D eigenvalue weighted by atomic mass is 10.1. The highest BCUT2D eigenvalue weighted by Gasteiger charge is 2.25. The van der Waals surface area contributed by atoms with E-state index in [0.29, 0.717) is 18.8 Å². The van der Waals surface area contributed by atoms with Crippen LogP contribution in [-0.2, 0) is 19.6 Å². The zero-order valence-corrected chi connectivity index (χ0v) is 17.4. The van der Waals surface area contributed by atoms with Gasteiger partial charge in [0.15, 0.2) is 12.4 Å². The molecule has 166 valence electrons. The van der Waals surface area contributed by atoms with E-state index in [1.54, 1.807) is 11.0 Å². The maximum absolute atomic E-state index is 14.3. The fourth-order valence-corrected chi connectivity index (χ4v) is 3.52. The largest absolute Gasteiger partial charge is 0.450 e. The number of hydrogen-bond acceptors (Lipinski definition) is 8. The van der Waals surface area contributed by atoms with Crippen molar-refractivity contribution in [3.63, 3.8) is 0 Å². The van der Waals surface area contributed by atoms with E-state index in [0.717, 1.165) is 12.1 Å². The van der Waals surface area contributed by atoms with Crippen LogP contribution in [-0.4, -0.2) is 63.8 Å². The predicted octanol–water partition coefficient (Wildman–Crippen LogP) is 0.774. The minimum Gasteiger partial charge on any atom is -0.450 e. The van der Waals surface area contributed by atoms with Crippen molar-refractivity contribution >= 4 is 33.4 Å². The summed E-state index contributed by atoms with van der Waals surface area (Å²) in [7, 11) is -4.10. The molecular formula is C19H20FN3O7S. The van der Waals surface area contributed by atoms with Crippen LogP contribution in [0.5, 0.6) is 0 Å². The molecule has 1 amide bonds. The van der Waals surface area contributed by atoms with Crippen molar-refractivity contribution in [2.75, 3.05) is 37.7 Å². The van der Waals surface area contributed by atoms with Gasteiger partial charge in [-0.2, -0.15) is 0 Å². The number of ether oxygens (including phenoxy) is 1. The highest BCUT2D eigenvalue weighted by molar-refractivity contribution is 7.89. The molecule has 0 unspecified atom stereocenters. The van der Waals surface area contributed by atoms with Crippen LogP contribution in [0.15, 0.2) is 39.8 Å². The van der Waals surface area contributed by atoms with Crippen LogP contribution in [0.1, 0.15) is 27.8 Å². The molecular weight excluding hydrogens is 433 g/mol. The summed E-state index contributed by atoms with van der Waals surface area (Å²) >= 11 is 0. The molecule has 1 aromatic heterocycles. The Morgan fingerprint density at radius 3 is 2.35 bits per heavy atom. The SMILES string of the molecule is CC(=O)c1ccc(N2CCN(C(=O)COC(=O)c3ccc(S(N)(=O)=O)o3)CC2)c(F)c1. The third kappa shape index (κ3) is 5.27. The molecule has 1 aliphatic heterocycles. The zero-order chi connectivity index (χ0) is 22.8. The summed E-state index contributed by atoms with van der Waals surface area (Å²) in [4.78, 5) is 38.8. The van der Waals surface area contributed by atoms with E-state index in [4.69, 9.17) is 14.3 Å². The van der Waals surface area contributed by atoms with Gasteiger partial charge in [0, 0.05) is 31.7 Å². The number of halogens is 1. The Labute approximate surface area is 177 Å². The number of benzene rings is 1. The first-order valence-corrected chi connectivity index (χ1v) is 10.7. The van der Waals surface area contributed by atoms with Crippen molar-refractivity contribution in [3.05, 3.63) is 47.5 Å². The lowest BCUT2D eigenvalue weighted by Gasteiger charge is -2.36. The number of carbonyl (C=O) groups is 3. The van der Waals surface area contributed by atoms with E-state index in [1.165, 1.54) is 24.0 Å². The summed E-state index contributed by atoms with van der Waals surface area (Å²) in [5.41, 5.74) is 0.622. The van der Waals surface area contributed by atoms with E-state index in [-0.39, 0.29) is 24.4 Å². The molecule has 0 saturated carbocycles. The Morgan fingerprint density at radius 1 is 1.13 bits per heavy atom. The van der Waals surface area contributed by atoms with E-state index in [9.17, 15) is 27.2 Å². The lowest BCUT2D eigenvalue weighted by molar-refractivity contribution is -0.134. The van der Waals surface area contributed by atoms with E-state index in [2.05, 4.69) is 0 Å². The summed E-state index contributed by atoms with van der Waals surface area (Å²) in [5, 5.41) is 4.30. The monoisotopic (exact) mass is 453 g/mol. The summed E-state index contributed by atoms with van der Waals surface area (Å²) in [6, 6.07) is 6.36. The second-order valence-electron chi connectivity index (χ2n) is 6.83. The Morgan fingerprint density at radius 2 is 1.81 bits per heavy atom. The molecule has 2 N–H and O–H groups in total. The number of nitrogens with two attached hydrogens (primary N) is 1. The average molecular weight is 453 g/mol. The maximum Gasteiger partial charge on any atom is 0.374 e. The topological polar surface area (TPSA) is 140 Å². The van der Waals surface area contributed by atoms with Crippen LogP contribution in [0.25, 0.3) is 0 Å². The fourth-order valence-electron chi connectivity index (χ4n) is 3.05. The van der Waals surface area contributed by atoms with Crippen molar-refractivity contribution in [2.24, 2.45) is 5.14 Å². The molecule has 12 heteroatoms. The number of piperazine rings is 1. The average Bonchev–Trinajstić information content (AvgIpc) is 3.23. The Balaban J connectivity index is 1.52. The van der Waals surface area contributed by atoms with Crippen molar-refractivity contribution in [3.8, 4) is 0 Å².